The first kappa shape index (κ1) is 19.1. The lowest BCUT2D eigenvalue weighted by Gasteiger charge is -2.32. The Labute approximate surface area is 154 Å². The number of ether oxygens (including phenoxy) is 3. The number of thiocarbonyl (C=S) groups is 1. The van der Waals surface area contributed by atoms with E-state index in [4.69, 9.17) is 26.4 Å². The van der Waals surface area contributed by atoms with E-state index in [1.54, 1.807) is 7.11 Å². The van der Waals surface area contributed by atoms with Gasteiger partial charge < -0.3 is 14.2 Å². The average Bonchev–Trinajstić information content (AvgIpc) is 2.84. The second kappa shape index (κ2) is 7.74. The number of esters is 1. The Hall–Kier alpha value is -1.27. The predicted octanol–water partition coefficient (Wildman–Crippen LogP) is 3.83. The minimum Gasteiger partial charge on any atom is -0.496 e. The van der Waals surface area contributed by atoms with Gasteiger partial charge in [-0.3, -0.25) is 4.79 Å². The molecule has 6 heteroatoms. The molecule has 0 aromatic heterocycles. The number of aryl methyl sites for hydroxylation is 1. The van der Waals surface area contributed by atoms with Gasteiger partial charge in [0.15, 0.2) is 0 Å². The smallest absolute Gasteiger partial charge is 0.309 e. The first-order valence-corrected chi connectivity index (χ1v) is 8.88. The summed E-state index contributed by atoms with van der Waals surface area (Å²) >= 11 is 9.01. The molecule has 0 bridgehead atoms. The highest BCUT2D eigenvalue weighted by atomic mass is 32.1. The largest absolute Gasteiger partial charge is 0.496 e. The third-order valence-electron chi connectivity index (χ3n) is 4.73. The van der Waals surface area contributed by atoms with E-state index < -0.39 is 5.41 Å². The maximum atomic E-state index is 12.6. The van der Waals surface area contributed by atoms with Gasteiger partial charge in [-0.25, -0.2) is 0 Å². The molecule has 1 aliphatic carbocycles. The number of hydrogen-bond acceptors (Lipinski definition) is 5. The second-order valence-electron chi connectivity index (χ2n) is 6.37. The van der Waals surface area contributed by atoms with E-state index >= 15 is 0 Å². The quantitative estimate of drug-likeness (QED) is 0.486. The minimum atomic E-state index is -0.452. The Balaban J connectivity index is 2.46. The van der Waals surface area contributed by atoms with E-state index in [1.807, 2.05) is 26.0 Å². The van der Waals surface area contributed by atoms with E-state index in [-0.39, 0.29) is 22.4 Å². The predicted molar refractivity (Wildman–Crippen MR) is 101 cm³/mol. The van der Waals surface area contributed by atoms with Gasteiger partial charge in [-0.1, -0.05) is 37.2 Å². The van der Waals surface area contributed by atoms with Gasteiger partial charge in [-0.2, -0.15) is 0 Å². The van der Waals surface area contributed by atoms with Crippen molar-refractivity contribution in [3.05, 3.63) is 29.3 Å². The fraction of sp³-hybridized carbons (Fsp3) is 0.556. The van der Waals surface area contributed by atoms with E-state index in [0.717, 1.165) is 16.9 Å². The molecule has 0 saturated heterocycles. The van der Waals surface area contributed by atoms with Crippen LogP contribution in [-0.2, 0) is 19.7 Å². The number of hydrogen-bond donors (Lipinski definition) is 1. The highest BCUT2D eigenvalue weighted by Gasteiger charge is 2.51. The molecule has 24 heavy (non-hydrogen) atoms. The van der Waals surface area contributed by atoms with Crippen molar-refractivity contribution >= 4 is 35.2 Å². The number of methoxy groups -OCH3 is 1. The van der Waals surface area contributed by atoms with Crippen molar-refractivity contribution in [3.63, 3.8) is 0 Å². The minimum absolute atomic E-state index is 0.167. The van der Waals surface area contributed by atoms with Crippen LogP contribution in [-0.4, -0.2) is 30.2 Å². The van der Waals surface area contributed by atoms with Crippen LogP contribution in [0.4, 0.5) is 0 Å². The zero-order valence-electron chi connectivity index (χ0n) is 14.5. The van der Waals surface area contributed by atoms with E-state index in [9.17, 15) is 4.79 Å². The van der Waals surface area contributed by atoms with Gasteiger partial charge in [0.25, 0.3) is 0 Å². The highest BCUT2D eigenvalue weighted by Crippen LogP contribution is 2.50. The molecule has 0 radical (unpaired) electrons. The normalized spacial score (nSPS) is 26.0. The Bertz CT molecular complexity index is 631. The molecule has 0 aliphatic heterocycles. The number of carbonyl (C=O) groups excluding carboxylic acids is 1. The molecule has 1 aliphatic rings. The molecule has 0 N–H and O–H groups in total. The van der Waals surface area contributed by atoms with Crippen LogP contribution in [0.1, 0.15) is 37.8 Å². The lowest BCUT2D eigenvalue weighted by atomic mass is 9.73. The molecular formula is C18H24O4S2. The Morgan fingerprint density at radius 2 is 2.17 bits per heavy atom. The van der Waals surface area contributed by atoms with Crippen molar-refractivity contribution in [2.45, 2.75) is 45.1 Å². The van der Waals surface area contributed by atoms with Crippen LogP contribution >= 0.6 is 24.8 Å². The Morgan fingerprint density at radius 1 is 1.46 bits per heavy atom. The number of rotatable bonds is 5. The van der Waals surface area contributed by atoms with Crippen molar-refractivity contribution < 1.29 is 19.0 Å². The fourth-order valence-electron chi connectivity index (χ4n) is 3.62. The molecule has 1 saturated carbocycles. The first-order chi connectivity index (χ1) is 11.3. The van der Waals surface area contributed by atoms with Crippen molar-refractivity contribution in [2.24, 2.45) is 5.92 Å². The van der Waals surface area contributed by atoms with E-state index in [2.05, 4.69) is 25.6 Å². The molecule has 0 spiro atoms. The number of carbonyl (C=O) groups is 1. The Morgan fingerprint density at radius 3 is 2.75 bits per heavy atom. The van der Waals surface area contributed by atoms with Gasteiger partial charge in [0.1, 0.15) is 11.9 Å². The van der Waals surface area contributed by atoms with Crippen LogP contribution < -0.4 is 4.74 Å². The van der Waals surface area contributed by atoms with Gasteiger partial charge >= 0.3 is 5.97 Å². The van der Waals surface area contributed by atoms with Crippen LogP contribution in [0.3, 0.4) is 0 Å². The Kier molecular flexibility index (Phi) is 6.15. The fourth-order valence-corrected chi connectivity index (χ4v) is 3.90. The summed E-state index contributed by atoms with van der Waals surface area (Å²) in [5.74, 6) is 0.243. The monoisotopic (exact) mass is 368 g/mol. The van der Waals surface area contributed by atoms with Crippen molar-refractivity contribution in [1.29, 1.82) is 0 Å². The molecular weight excluding hydrogens is 344 g/mol. The summed E-state index contributed by atoms with van der Waals surface area (Å²) in [6.45, 7) is 6.26. The highest BCUT2D eigenvalue weighted by molar-refractivity contribution is 8.10. The SMILES string of the molecule is CCOC(=O)[C@H]1C[C@@H](OC(=S)S)C[C@]1(C)c1cc(C)ccc1OC. The van der Waals surface area contributed by atoms with Crippen LogP contribution in [0.5, 0.6) is 5.75 Å². The third kappa shape index (κ3) is 3.86. The second-order valence-corrected chi connectivity index (χ2v) is 7.45. The first-order valence-electron chi connectivity index (χ1n) is 8.03. The molecule has 132 valence electrons. The van der Waals surface area contributed by atoms with Gasteiger partial charge in [0.2, 0.25) is 4.38 Å². The summed E-state index contributed by atoms with van der Waals surface area (Å²) < 4.78 is 16.7. The summed E-state index contributed by atoms with van der Waals surface area (Å²) in [4.78, 5) is 12.6. The zero-order chi connectivity index (χ0) is 17.9. The van der Waals surface area contributed by atoms with Crippen LogP contribution in [0.15, 0.2) is 18.2 Å². The van der Waals surface area contributed by atoms with E-state index in [0.29, 0.717) is 19.4 Å². The summed E-state index contributed by atoms with van der Waals surface area (Å²) in [5, 5.41) is 0. The van der Waals surface area contributed by atoms with Gasteiger partial charge in [-0.05, 0) is 45.0 Å². The molecule has 1 aromatic rings. The standard InChI is InChI=1S/C18H24O4S2/c1-5-21-16(19)14-9-12(22-17(23)24)10-18(14,3)13-8-11(2)6-7-15(13)20-4/h6-8,12,14H,5,9-10H2,1-4H3,(H,23,24)/t12-,14-,18-/m1/s1. The van der Waals surface area contributed by atoms with Gasteiger partial charge in [0, 0.05) is 11.0 Å². The van der Waals surface area contributed by atoms with Crippen LogP contribution in [0, 0.1) is 12.8 Å². The molecule has 0 heterocycles. The van der Waals surface area contributed by atoms with Gasteiger partial charge in [-0.15, -0.1) is 0 Å². The molecule has 2 rings (SSSR count). The molecule has 1 aromatic carbocycles. The molecule has 4 nitrogen and oxygen atoms in total. The van der Waals surface area contributed by atoms with E-state index in [1.165, 1.54) is 0 Å². The summed E-state index contributed by atoms with van der Waals surface area (Å²) in [7, 11) is 1.64. The maximum absolute atomic E-state index is 12.6. The van der Waals surface area contributed by atoms with Crippen molar-refractivity contribution in [1.82, 2.24) is 0 Å². The summed E-state index contributed by atoms with van der Waals surface area (Å²) in [5.41, 5.74) is 1.66. The lowest BCUT2D eigenvalue weighted by molar-refractivity contribution is -0.149. The maximum Gasteiger partial charge on any atom is 0.309 e. The number of benzene rings is 1. The third-order valence-corrected chi connectivity index (χ3v) is 4.93. The topological polar surface area (TPSA) is 44.8 Å². The van der Waals surface area contributed by atoms with Crippen LogP contribution in [0.25, 0.3) is 0 Å². The average molecular weight is 369 g/mol. The van der Waals surface area contributed by atoms with Crippen LogP contribution in [0.2, 0.25) is 0 Å². The van der Waals surface area contributed by atoms with Crippen molar-refractivity contribution in [2.75, 3.05) is 13.7 Å². The summed E-state index contributed by atoms with van der Waals surface area (Å²) in [6.07, 6.45) is 1.03. The summed E-state index contributed by atoms with van der Waals surface area (Å²) in [6, 6.07) is 6.01. The zero-order valence-corrected chi connectivity index (χ0v) is 16.2. The molecule has 0 amide bonds. The van der Waals surface area contributed by atoms with Crippen molar-refractivity contribution in [3.8, 4) is 5.75 Å². The molecule has 1 fully saturated rings. The molecule has 0 unspecified atom stereocenters. The lowest BCUT2D eigenvalue weighted by Crippen LogP contribution is -2.34. The number of thiol groups is 1. The van der Waals surface area contributed by atoms with Gasteiger partial charge in [0.05, 0.1) is 19.6 Å². The molecule has 3 atom stereocenters.